The fourth-order valence-electron chi connectivity index (χ4n) is 2.60. The number of aromatic nitrogens is 2. The van der Waals surface area contributed by atoms with E-state index in [-0.39, 0.29) is 5.69 Å². The molecule has 0 saturated carbocycles. The van der Waals surface area contributed by atoms with Crippen molar-refractivity contribution in [2.24, 2.45) is 0 Å². The zero-order valence-corrected chi connectivity index (χ0v) is 14.2. The van der Waals surface area contributed by atoms with E-state index >= 15 is 0 Å². The van der Waals surface area contributed by atoms with Crippen LogP contribution in [0.1, 0.15) is 5.69 Å². The topological polar surface area (TPSA) is 75.4 Å². The van der Waals surface area contributed by atoms with Crippen LogP contribution >= 0.6 is 23.2 Å². The zero-order valence-electron chi connectivity index (χ0n) is 12.7. The molecule has 0 aliphatic carbocycles. The summed E-state index contributed by atoms with van der Waals surface area (Å²) in [5.74, 6) is 0.589. The van der Waals surface area contributed by atoms with Gasteiger partial charge in [-0.25, -0.2) is 4.98 Å². The molecular formula is C15H15Cl2N5O2. The number of piperazine rings is 1. The first-order valence-electron chi connectivity index (χ1n) is 7.40. The number of nitrogens with zero attached hydrogens (tertiary/aromatic N) is 5. The van der Waals surface area contributed by atoms with Crippen molar-refractivity contribution in [2.45, 2.75) is 6.54 Å². The molecule has 1 fully saturated rings. The third-order valence-electron chi connectivity index (χ3n) is 3.86. The number of rotatable bonds is 4. The first kappa shape index (κ1) is 16.9. The summed E-state index contributed by atoms with van der Waals surface area (Å²) in [5, 5.41) is 11.7. The van der Waals surface area contributed by atoms with Crippen molar-refractivity contribution in [2.75, 3.05) is 31.1 Å². The molecule has 0 unspecified atom stereocenters. The molecular weight excluding hydrogens is 353 g/mol. The Kier molecular flexibility index (Phi) is 5.13. The lowest BCUT2D eigenvalue weighted by Crippen LogP contribution is -2.46. The normalized spacial score (nSPS) is 15.5. The van der Waals surface area contributed by atoms with E-state index in [4.69, 9.17) is 23.2 Å². The van der Waals surface area contributed by atoms with Crippen LogP contribution in [-0.2, 0) is 6.54 Å². The molecule has 3 heterocycles. The summed E-state index contributed by atoms with van der Waals surface area (Å²) in [4.78, 5) is 23.0. The molecule has 0 N–H and O–H groups in total. The molecule has 1 aliphatic heterocycles. The minimum absolute atomic E-state index is 0.101. The van der Waals surface area contributed by atoms with Crippen LogP contribution in [0.25, 0.3) is 0 Å². The summed E-state index contributed by atoms with van der Waals surface area (Å²) in [6, 6.07) is 5.10. The molecule has 2 aromatic rings. The van der Waals surface area contributed by atoms with Crippen molar-refractivity contribution in [3.63, 3.8) is 0 Å². The molecule has 7 nitrogen and oxygen atoms in total. The average Bonchev–Trinajstić information content (AvgIpc) is 2.58. The van der Waals surface area contributed by atoms with Crippen LogP contribution in [0.4, 0.5) is 11.5 Å². The van der Waals surface area contributed by atoms with E-state index in [9.17, 15) is 10.1 Å². The van der Waals surface area contributed by atoms with Crippen LogP contribution in [0.3, 0.4) is 0 Å². The Morgan fingerprint density at radius 2 is 1.88 bits per heavy atom. The molecule has 126 valence electrons. The van der Waals surface area contributed by atoms with E-state index in [1.54, 1.807) is 6.20 Å². The van der Waals surface area contributed by atoms with Crippen molar-refractivity contribution < 1.29 is 4.92 Å². The Morgan fingerprint density at radius 1 is 1.12 bits per heavy atom. The van der Waals surface area contributed by atoms with Crippen molar-refractivity contribution in [3.05, 3.63) is 56.4 Å². The molecule has 2 aromatic heterocycles. The molecule has 0 radical (unpaired) electrons. The monoisotopic (exact) mass is 367 g/mol. The molecule has 1 saturated heterocycles. The SMILES string of the molecule is O=[N+]([O-])c1cnc(N2CCN(Cc3ccc(Cl)cn3)CC2)c(Cl)c1. The Morgan fingerprint density at radius 3 is 2.46 bits per heavy atom. The summed E-state index contributed by atoms with van der Waals surface area (Å²) < 4.78 is 0. The quantitative estimate of drug-likeness (QED) is 0.610. The van der Waals surface area contributed by atoms with Crippen molar-refractivity contribution in [3.8, 4) is 0 Å². The van der Waals surface area contributed by atoms with Gasteiger partial charge >= 0.3 is 0 Å². The molecule has 0 amide bonds. The van der Waals surface area contributed by atoms with E-state index < -0.39 is 4.92 Å². The number of anilines is 1. The van der Waals surface area contributed by atoms with E-state index in [1.165, 1.54) is 12.3 Å². The molecule has 0 bridgehead atoms. The van der Waals surface area contributed by atoms with E-state index in [1.807, 2.05) is 17.0 Å². The van der Waals surface area contributed by atoms with Gasteiger partial charge in [0.2, 0.25) is 0 Å². The van der Waals surface area contributed by atoms with Gasteiger partial charge in [0.05, 0.1) is 20.7 Å². The Hall–Kier alpha value is -1.96. The highest BCUT2D eigenvalue weighted by Gasteiger charge is 2.21. The summed E-state index contributed by atoms with van der Waals surface area (Å²) in [5.41, 5.74) is 0.871. The lowest BCUT2D eigenvalue weighted by Gasteiger charge is -2.35. The molecule has 3 rings (SSSR count). The highest BCUT2D eigenvalue weighted by Crippen LogP contribution is 2.27. The van der Waals surface area contributed by atoms with Gasteiger partial charge in [0.1, 0.15) is 12.0 Å². The summed E-state index contributed by atoms with van der Waals surface area (Å²) in [6.07, 6.45) is 2.89. The van der Waals surface area contributed by atoms with Gasteiger partial charge < -0.3 is 4.90 Å². The first-order valence-corrected chi connectivity index (χ1v) is 8.16. The van der Waals surface area contributed by atoms with Crippen molar-refractivity contribution in [1.29, 1.82) is 0 Å². The summed E-state index contributed by atoms with van der Waals surface area (Å²) in [6.45, 7) is 3.92. The predicted molar refractivity (Wildman–Crippen MR) is 92.6 cm³/mol. The number of hydrogen-bond donors (Lipinski definition) is 0. The number of nitro groups is 1. The zero-order chi connectivity index (χ0) is 17.1. The van der Waals surface area contributed by atoms with Crippen LogP contribution in [0.5, 0.6) is 0 Å². The van der Waals surface area contributed by atoms with Gasteiger partial charge in [-0.05, 0) is 12.1 Å². The van der Waals surface area contributed by atoms with Gasteiger partial charge in [-0.2, -0.15) is 0 Å². The maximum absolute atomic E-state index is 10.8. The van der Waals surface area contributed by atoms with Gasteiger partial charge in [0, 0.05) is 45.0 Å². The maximum atomic E-state index is 10.8. The summed E-state index contributed by atoms with van der Waals surface area (Å²) in [7, 11) is 0. The molecule has 0 atom stereocenters. The summed E-state index contributed by atoms with van der Waals surface area (Å²) >= 11 is 12.0. The maximum Gasteiger partial charge on any atom is 0.289 e. The molecule has 0 aromatic carbocycles. The number of hydrogen-bond acceptors (Lipinski definition) is 6. The van der Waals surface area contributed by atoms with E-state index in [0.717, 1.165) is 38.4 Å². The molecule has 1 aliphatic rings. The Balaban J connectivity index is 1.60. The van der Waals surface area contributed by atoms with Gasteiger partial charge in [-0.1, -0.05) is 23.2 Å². The standard InChI is InChI=1S/C15H15Cl2N5O2/c16-11-1-2-12(18-8-11)10-20-3-5-21(6-4-20)15-14(17)7-13(9-19-15)22(23)24/h1-2,7-9H,3-6,10H2. The van der Waals surface area contributed by atoms with Crippen molar-refractivity contribution >= 4 is 34.7 Å². The lowest BCUT2D eigenvalue weighted by molar-refractivity contribution is -0.385. The second kappa shape index (κ2) is 7.29. The molecule has 0 spiro atoms. The van der Waals surface area contributed by atoms with E-state index in [0.29, 0.717) is 15.9 Å². The highest BCUT2D eigenvalue weighted by molar-refractivity contribution is 6.33. The van der Waals surface area contributed by atoms with Gasteiger partial charge in [0.25, 0.3) is 5.69 Å². The lowest BCUT2D eigenvalue weighted by atomic mass is 10.2. The minimum atomic E-state index is -0.500. The van der Waals surface area contributed by atoms with Gasteiger partial charge in [-0.3, -0.25) is 20.0 Å². The van der Waals surface area contributed by atoms with Crippen LogP contribution < -0.4 is 4.90 Å². The fraction of sp³-hybridized carbons (Fsp3) is 0.333. The predicted octanol–water partition coefficient (Wildman–Crippen LogP) is 3.01. The smallest absolute Gasteiger partial charge is 0.289 e. The molecule has 9 heteroatoms. The highest BCUT2D eigenvalue weighted by atomic mass is 35.5. The first-order chi connectivity index (χ1) is 11.5. The fourth-order valence-corrected chi connectivity index (χ4v) is 2.99. The van der Waals surface area contributed by atoms with E-state index in [2.05, 4.69) is 14.9 Å². The van der Waals surface area contributed by atoms with Crippen LogP contribution in [0.15, 0.2) is 30.6 Å². The number of pyridine rings is 2. The third kappa shape index (κ3) is 3.92. The van der Waals surface area contributed by atoms with Crippen LogP contribution in [0, 0.1) is 10.1 Å². The molecule has 24 heavy (non-hydrogen) atoms. The average molecular weight is 368 g/mol. The van der Waals surface area contributed by atoms with Crippen molar-refractivity contribution in [1.82, 2.24) is 14.9 Å². The number of halogens is 2. The van der Waals surface area contributed by atoms with Gasteiger partial charge in [-0.15, -0.1) is 0 Å². The third-order valence-corrected chi connectivity index (χ3v) is 4.37. The van der Waals surface area contributed by atoms with Crippen LogP contribution in [0.2, 0.25) is 10.0 Å². The van der Waals surface area contributed by atoms with Gasteiger partial charge in [0.15, 0.2) is 0 Å². The minimum Gasteiger partial charge on any atom is -0.353 e. The second-order valence-corrected chi connectivity index (χ2v) is 6.33. The van der Waals surface area contributed by atoms with Crippen LogP contribution in [-0.4, -0.2) is 46.0 Å². The second-order valence-electron chi connectivity index (χ2n) is 5.49. The Labute approximate surface area is 149 Å². The Bertz CT molecular complexity index is 733. The largest absolute Gasteiger partial charge is 0.353 e.